The second-order valence-corrected chi connectivity index (χ2v) is 5.55. The van der Waals surface area contributed by atoms with Crippen molar-refractivity contribution in [2.75, 3.05) is 19.5 Å². The molecule has 0 aliphatic rings. The van der Waals surface area contributed by atoms with Crippen LogP contribution in [0.2, 0.25) is 0 Å². The Morgan fingerprint density at radius 1 is 1.12 bits per heavy atom. The molecule has 0 heterocycles. The number of carbonyl (C=O) groups is 1. The quantitative estimate of drug-likeness (QED) is 0.665. The summed E-state index contributed by atoms with van der Waals surface area (Å²) in [6.45, 7) is 3.89. The molecule has 5 heteroatoms. The molecule has 0 spiro atoms. The number of hydrogen-bond donors (Lipinski definition) is 1. The zero-order chi connectivity index (χ0) is 18.4. The summed E-state index contributed by atoms with van der Waals surface area (Å²) in [6, 6.07) is 12.8. The van der Waals surface area contributed by atoms with Gasteiger partial charge < -0.3 is 14.8 Å². The fraction of sp³-hybridized carbons (Fsp3) is 0.200. The standard InChI is InChI=1S/C20H20N2O3/c1-13-5-7-18(14(2)9-13)22-20(23)16(12-21)10-15-11-17(24-3)6-8-19(15)25-4/h5-11H,1-4H3,(H,22,23). The van der Waals surface area contributed by atoms with Gasteiger partial charge in [0.05, 0.1) is 14.2 Å². The van der Waals surface area contributed by atoms with Gasteiger partial charge in [-0.05, 0) is 49.8 Å². The zero-order valence-corrected chi connectivity index (χ0v) is 14.7. The number of nitriles is 1. The number of benzene rings is 2. The molecule has 1 amide bonds. The molecule has 1 N–H and O–H groups in total. The first-order valence-corrected chi connectivity index (χ1v) is 7.71. The van der Waals surface area contributed by atoms with Crippen molar-refractivity contribution in [3.63, 3.8) is 0 Å². The van der Waals surface area contributed by atoms with Crippen LogP contribution in [0.25, 0.3) is 6.08 Å². The van der Waals surface area contributed by atoms with Crippen molar-refractivity contribution in [1.82, 2.24) is 0 Å². The average Bonchev–Trinajstić information content (AvgIpc) is 2.61. The molecule has 0 aliphatic heterocycles. The predicted octanol–water partition coefficient (Wildman–Crippen LogP) is 3.87. The third kappa shape index (κ3) is 4.39. The van der Waals surface area contributed by atoms with Crippen LogP contribution < -0.4 is 14.8 Å². The summed E-state index contributed by atoms with van der Waals surface area (Å²) < 4.78 is 10.5. The number of ether oxygens (including phenoxy) is 2. The van der Waals surface area contributed by atoms with Crippen molar-refractivity contribution < 1.29 is 14.3 Å². The highest BCUT2D eigenvalue weighted by Crippen LogP contribution is 2.26. The monoisotopic (exact) mass is 336 g/mol. The van der Waals surface area contributed by atoms with E-state index in [4.69, 9.17) is 9.47 Å². The Morgan fingerprint density at radius 3 is 2.48 bits per heavy atom. The van der Waals surface area contributed by atoms with Gasteiger partial charge in [-0.1, -0.05) is 17.7 Å². The maximum atomic E-state index is 12.5. The molecule has 128 valence electrons. The molecule has 2 aromatic carbocycles. The summed E-state index contributed by atoms with van der Waals surface area (Å²) in [7, 11) is 3.08. The fourth-order valence-electron chi connectivity index (χ4n) is 2.40. The second-order valence-electron chi connectivity index (χ2n) is 5.55. The smallest absolute Gasteiger partial charge is 0.266 e. The first kappa shape index (κ1) is 18.1. The molecule has 0 aliphatic carbocycles. The number of nitrogens with one attached hydrogen (secondary N) is 1. The Bertz CT molecular complexity index is 864. The first-order valence-electron chi connectivity index (χ1n) is 7.71. The Labute approximate surface area is 147 Å². The normalized spacial score (nSPS) is 10.8. The van der Waals surface area contributed by atoms with Crippen LogP contribution in [0.15, 0.2) is 42.0 Å². The van der Waals surface area contributed by atoms with Crippen molar-refractivity contribution in [1.29, 1.82) is 5.26 Å². The maximum absolute atomic E-state index is 12.5. The molecule has 2 rings (SSSR count). The van der Waals surface area contributed by atoms with Crippen LogP contribution in [-0.4, -0.2) is 20.1 Å². The van der Waals surface area contributed by atoms with Crippen molar-refractivity contribution in [2.24, 2.45) is 0 Å². The molecule has 2 aromatic rings. The summed E-state index contributed by atoms with van der Waals surface area (Å²) in [4.78, 5) is 12.5. The molecule has 0 fully saturated rings. The number of hydrogen-bond acceptors (Lipinski definition) is 4. The second kappa shape index (κ2) is 8.02. The summed E-state index contributed by atoms with van der Waals surface area (Å²) in [6.07, 6.45) is 1.49. The van der Waals surface area contributed by atoms with E-state index in [1.54, 1.807) is 25.3 Å². The minimum absolute atomic E-state index is 0.0217. The van der Waals surface area contributed by atoms with Crippen LogP contribution in [0.4, 0.5) is 5.69 Å². The van der Waals surface area contributed by atoms with Gasteiger partial charge in [-0.3, -0.25) is 4.79 Å². The summed E-state index contributed by atoms with van der Waals surface area (Å²) >= 11 is 0. The summed E-state index contributed by atoms with van der Waals surface area (Å²) in [5, 5.41) is 12.2. The number of amides is 1. The SMILES string of the molecule is COc1ccc(OC)c(C=C(C#N)C(=O)Nc2ccc(C)cc2C)c1. The lowest BCUT2D eigenvalue weighted by molar-refractivity contribution is -0.112. The zero-order valence-electron chi connectivity index (χ0n) is 14.7. The molecule has 0 radical (unpaired) electrons. The lowest BCUT2D eigenvalue weighted by Crippen LogP contribution is -2.14. The van der Waals surface area contributed by atoms with Crippen molar-refractivity contribution >= 4 is 17.7 Å². The molecule has 0 bridgehead atoms. The highest BCUT2D eigenvalue weighted by Gasteiger charge is 2.13. The first-order chi connectivity index (χ1) is 12.0. The van der Waals surface area contributed by atoms with E-state index in [1.165, 1.54) is 13.2 Å². The maximum Gasteiger partial charge on any atom is 0.266 e. The van der Waals surface area contributed by atoms with E-state index in [0.717, 1.165) is 11.1 Å². The topological polar surface area (TPSA) is 71.3 Å². The van der Waals surface area contributed by atoms with Gasteiger partial charge in [0.1, 0.15) is 23.1 Å². The average molecular weight is 336 g/mol. The third-order valence-corrected chi connectivity index (χ3v) is 3.73. The van der Waals surface area contributed by atoms with E-state index in [1.807, 2.05) is 38.1 Å². The van der Waals surface area contributed by atoms with Crippen LogP contribution in [0.1, 0.15) is 16.7 Å². The van der Waals surface area contributed by atoms with E-state index in [0.29, 0.717) is 22.7 Å². The molecular formula is C20H20N2O3. The van der Waals surface area contributed by atoms with E-state index < -0.39 is 5.91 Å². The number of carbonyl (C=O) groups excluding carboxylic acids is 1. The fourth-order valence-corrected chi connectivity index (χ4v) is 2.40. The molecule has 0 atom stereocenters. The van der Waals surface area contributed by atoms with Gasteiger partial charge in [-0.15, -0.1) is 0 Å². The van der Waals surface area contributed by atoms with Gasteiger partial charge in [-0.25, -0.2) is 0 Å². The third-order valence-electron chi connectivity index (χ3n) is 3.73. The van der Waals surface area contributed by atoms with E-state index in [2.05, 4.69) is 5.32 Å². The molecule has 0 unspecified atom stereocenters. The van der Waals surface area contributed by atoms with Crippen LogP contribution in [0.5, 0.6) is 11.5 Å². The van der Waals surface area contributed by atoms with Gasteiger partial charge in [0.25, 0.3) is 5.91 Å². The summed E-state index contributed by atoms with van der Waals surface area (Å²) in [5.41, 5.74) is 3.28. The van der Waals surface area contributed by atoms with Gasteiger partial charge >= 0.3 is 0 Å². The van der Waals surface area contributed by atoms with Gasteiger partial charge in [-0.2, -0.15) is 5.26 Å². The van der Waals surface area contributed by atoms with Gasteiger partial charge in [0.2, 0.25) is 0 Å². The van der Waals surface area contributed by atoms with Crippen LogP contribution >= 0.6 is 0 Å². The van der Waals surface area contributed by atoms with Crippen LogP contribution in [-0.2, 0) is 4.79 Å². The number of aryl methyl sites for hydroxylation is 2. The lowest BCUT2D eigenvalue weighted by Gasteiger charge is -2.10. The number of rotatable bonds is 5. The van der Waals surface area contributed by atoms with Gasteiger partial charge in [0.15, 0.2) is 0 Å². The van der Waals surface area contributed by atoms with Crippen LogP contribution in [0, 0.1) is 25.2 Å². The highest BCUT2D eigenvalue weighted by atomic mass is 16.5. The van der Waals surface area contributed by atoms with Crippen molar-refractivity contribution in [2.45, 2.75) is 13.8 Å². The minimum Gasteiger partial charge on any atom is -0.497 e. The van der Waals surface area contributed by atoms with E-state index in [-0.39, 0.29) is 5.57 Å². The van der Waals surface area contributed by atoms with Crippen molar-refractivity contribution in [3.8, 4) is 17.6 Å². The molecular weight excluding hydrogens is 316 g/mol. The van der Waals surface area contributed by atoms with E-state index in [9.17, 15) is 10.1 Å². The predicted molar refractivity (Wildman–Crippen MR) is 97.7 cm³/mol. The largest absolute Gasteiger partial charge is 0.497 e. The minimum atomic E-state index is -0.473. The Balaban J connectivity index is 2.34. The van der Waals surface area contributed by atoms with Crippen molar-refractivity contribution in [3.05, 3.63) is 58.7 Å². The molecule has 0 saturated carbocycles. The number of nitrogens with zero attached hydrogens (tertiary/aromatic N) is 1. The summed E-state index contributed by atoms with van der Waals surface area (Å²) in [5.74, 6) is 0.686. The Morgan fingerprint density at radius 2 is 1.88 bits per heavy atom. The molecule has 5 nitrogen and oxygen atoms in total. The van der Waals surface area contributed by atoms with Crippen LogP contribution in [0.3, 0.4) is 0 Å². The van der Waals surface area contributed by atoms with Gasteiger partial charge in [0, 0.05) is 11.3 Å². The lowest BCUT2D eigenvalue weighted by atomic mass is 10.1. The number of anilines is 1. The molecule has 0 aromatic heterocycles. The Kier molecular flexibility index (Phi) is 5.80. The van der Waals surface area contributed by atoms with E-state index >= 15 is 0 Å². The molecule has 25 heavy (non-hydrogen) atoms. The molecule has 0 saturated heterocycles. The highest BCUT2D eigenvalue weighted by molar-refractivity contribution is 6.10. The Hall–Kier alpha value is -3.26. The number of methoxy groups -OCH3 is 2.